The molecule has 0 aliphatic rings. The van der Waals surface area contributed by atoms with Crippen LogP contribution in [0.25, 0.3) is 5.57 Å². The third-order valence-electron chi connectivity index (χ3n) is 6.72. The fraction of sp³-hybridized carbons (Fsp3) is 0.235. The number of likely N-dealkylation sites (N-methyl/N-ethyl adjacent to an activating group) is 1. The topological polar surface area (TPSA) is 12.5 Å². The summed E-state index contributed by atoms with van der Waals surface area (Å²) < 4.78 is 19.9. The summed E-state index contributed by atoms with van der Waals surface area (Å²) in [5.41, 5.74) is 7.05. The first-order valence-electron chi connectivity index (χ1n) is 13.2. The number of allylic oxidation sites excluding steroid dienone is 1. The minimum atomic E-state index is -0.229. The van der Waals surface area contributed by atoms with Crippen LogP contribution in [0.15, 0.2) is 115 Å². The zero-order chi connectivity index (χ0) is 25.9. The van der Waals surface area contributed by atoms with Crippen molar-refractivity contribution in [3.8, 4) is 5.75 Å². The number of halogens is 2. The molecule has 0 spiro atoms. The molecule has 0 amide bonds. The van der Waals surface area contributed by atoms with Crippen LogP contribution < -0.4 is 4.74 Å². The largest absolute Gasteiger partial charge is 0.492 e. The van der Waals surface area contributed by atoms with E-state index in [2.05, 4.69) is 79.4 Å². The Hall–Kier alpha value is -3.40. The van der Waals surface area contributed by atoms with Gasteiger partial charge in [-0.2, -0.15) is 0 Å². The van der Waals surface area contributed by atoms with Crippen LogP contribution in [-0.2, 0) is 12.8 Å². The van der Waals surface area contributed by atoms with Crippen molar-refractivity contribution in [2.45, 2.75) is 26.7 Å². The molecule has 0 bridgehead atoms. The van der Waals surface area contributed by atoms with Gasteiger partial charge in [0.2, 0.25) is 0 Å². The van der Waals surface area contributed by atoms with E-state index in [-0.39, 0.29) is 18.2 Å². The number of rotatable bonds is 12. The lowest BCUT2D eigenvalue weighted by Crippen LogP contribution is -2.27. The molecule has 0 unspecified atom stereocenters. The third kappa shape index (κ3) is 8.31. The van der Waals surface area contributed by atoms with E-state index in [9.17, 15) is 4.39 Å². The van der Waals surface area contributed by atoms with Gasteiger partial charge >= 0.3 is 0 Å². The molecule has 0 fully saturated rings. The Morgan fingerprint density at radius 2 is 1.13 bits per heavy atom. The van der Waals surface area contributed by atoms with Crippen LogP contribution in [0.1, 0.15) is 36.1 Å². The first-order valence-corrected chi connectivity index (χ1v) is 13.2. The summed E-state index contributed by atoms with van der Waals surface area (Å²) in [6, 6.07) is 36.3. The molecule has 0 saturated heterocycles. The standard InChI is InChI=1S/C34H36FNO.ClH/c1-3-36(4-2)23-24-37-33-21-17-30(18-22-33)34(29-15-19-32(35)20-16-29)31(25-27-11-7-5-8-12-27)26-28-13-9-6-10-14-28;/h5-22H,3-4,23-26H2,1-2H3;1H. The van der Waals surface area contributed by atoms with Gasteiger partial charge in [-0.15, -0.1) is 12.4 Å². The van der Waals surface area contributed by atoms with Gasteiger partial charge in [-0.1, -0.05) is 104 Å². The minimum absolute atomic E-state index is 0. The van der Waals surface area contributed by atoms with Gasteiger partial charge in [-0.3, -0.25) is 0 Å². The van der Waals surface area contributed by atoms with Crippen LogP contribution in [0.2, 0.25) is 0 Å². The Bertz CT molecular complexity index is 1210. The van der Waals surface area contributed by atoms with Crippen LogP contribution in [0.3, 0.4) is 0 Å². The smallest absolute Gasteiger partial charge is 0.123 e. The molecular formula is C34H37ClFNO. The fourth-order valence-electron chi connectivity index (χ4n) is 4.67. The highest BCUT2D eigenvalue weighted by Crippen LogP contribution is 2.32. The molecule has 198 valence electrons. The fourth-order valence-corrected chi connectivity index (χ4v) is 4.67. The molecule has 0 aliphatic heterocycles. The second kappa shape index (κ2) is 15.1. The summed E-state index contributed by atoms with van der Waals surface area (Å²) in [6.07, 6.45) is 1.62. The average molecular weight is 530 g/mol. The Labute approximate surface area is 233 Å². The molecular weight excluding hydrogens is 493 g/mol. The maximum Gasteiger partial charge on any atom is 0.123 e. The van der Waals surface area contributed by atoms with Crippen molar-refractivity contribution < 1.29 is 9.13 Å². The second-order valence-corrected chi connectivity index (χ2v) is 9.21. The predicted molar refractivity (Wildman–Crippen MR) is 160 cm³/mol. The first-order chi connectivity index (χ1) is 18.2. The monoisotopic (exact) mass is 529 g/mol. The van der Waals surface area contributed by atoms with E-state index in [4.69, 9.17) is 4.74 Å². The first kappa shape index (κ1) is 29.2. The maximum absolute atomic E-state index is 13.9. The van der Waals surface area contributed by atoms with E-state index >= 15 is 0 Å². The maximum atomic E-state index is 13.9. The molecule has 38 heavy (non-hydrogen) atoms. The highest BCUT2D eigenvalue weighted by molar-refractivity contribution is 5.85. The van der Waals surface area contributed by atoms with Crippen LogP contribution in [-0.4, -0.2) is 31.1 Å². The highest BCUT2D eigenvalue weighted by atomic mass is 35.5. The summed E-state index contributed by atoms with van der Waals surface area (Å²) >= 11 is 0. The van der Waals surface area contributed by atoms with Gasteiger partial charge in [0, 0.05) is 6.54 Å². The van der Waals surface area contributed by atoms with E-state index in [1.165, 1.54) is 16.7 Å². The lowest BCUT2D eigenvalue weighted by Gasteiger charge is -2.19. The predicted octanol–water partition coefficient (Wildman–Crippen LogP) is 8.26. The Balaban J connectivity index is 0.00000400. The normalized spacial score (nSPS) is 10.6. The Kier molecular flexibility index (Phi) is 11.6. The Morgan fingerprint density at radius 1 is 0.658 bits per heavy atom. The van der Waals surface area contributed by atoms with E-state index < -0.39 is 0 Å². The third-order valence-corrected chi connectivity index (χ3v) is 6.72. The molecule has 0 saturated carbocycles. The van der Waals surface area contributed by atoms with Gasteiger partial charge in [0.25, 0.3) is 0 Å². The zero-order valence-corrected chi connectivity index (χ0v) is 23.1. The van der Waals surface area contributed by atoms with Crippen LogP contribution in [0.5, 0.6) is 5.75 Å². The lowest BCUT2D eigenvalue weighted by molar-refractivity contribution is 0.223. The molecule has 0 aromatic heterocycles. The van der Waals surface area contributed by atoms with Crippen molar-refractivity contribution in [1.29, 1.82) is 0 Å². The van der Waals surface area contributed by atoms with Crippen LogP contribution in [0, 0.1) is 5.82 Å². The van der Waals surface area contributed by atoms with Gasteiger partial charge in [-0.25, -0.2) is 4.39 Å². The quantitative estimate of drug-likeness (QED) is 0.183. The Morgan fingerprint density at radius 3 is 1.61 bits per heavy atom. The SMILES string of the molecule is CCN(CC)CCOc1ccc(C(=C(Cc2ccccc2)Cc2ccccc2)c2ccc(F)cc2)cc1.Cl. The van der Waals surface area contributed by atoms with Gasteiger partial charge in [-0.05, 0) is 78.0 Å². The number of nitrogens with zero attached hydrogens (tertiary/aromatic N) is 1. The molecule has 0 radical (unpaired) electrons. The molecule has 2 nitrogen and oxygen atoms in total. The number of benzene rings is 4. The molecule has 4 rings (SSSR count). The van der Waals surface area contributed by atoms with Gasteiger partial charge in [0.05, 0.1) is 0 Å². The number of hydrogen-bond acceptors (Lipinski definition) is 2. The van der Waals surface area contributed by atoms with Crippen molar-refractivity contribution in [2.75, 3.05) is 26.2 Å². The number of hydrogen-bond donors (Lipinski definition) is 0. The summed E-state index contributed by atoms with van der Waals surface area (Å²) in [7, 11) is 0. The van der Waals surface area contributed by atoms with E-state index in [1.54, 1.807) is 12.1 Å². The molecule has 4 aromatic rings. The van der Waals surface area contributed by atoms with Crippen molar-refractivity contribution in [3.63, 3.8) is 0 Å². The molecule has 4 aromatic carbocycles. The van der Waals surface area contributed by atoms with Crippen molar-refractivity contribution in [2.24, 2.45) is 0 Å². The van der Waals surface area contributed by atoms with Crippen molar-refractivity contribution in [3.05, 3.63) is 143 Å². The average Bonchev–Trinajstić information content (AvgIpc) is 2.94. The summed E-state index contributed by atoms with van der Waals surface area (Å²) in [5.74, 6) is 0.634. The second-order valence-electron chi connectivity index (χ2n) is 9.21. The lowest BCUT2D eigenvalue weighted by atomic mass is 9.86. The van der Waals surface area contributed by atoms with Crippen LogP contribution >= 0.6 is 12.4 Å². The summed E-state index contributed by atoms with van der Waals surface area (Å²) in [4.78, 5) is 2.35. The summed E-state index contributed by atoms with van der Waals surface area (Å²) in [5, 5.41) is 0. The molecule has 4 heteroatoms. The molecule has 0 atom stereocenters. The van der Waals surface area contributed by atoms with Crippen molar-refractivity contribution >= 4 is 18.0 Å². The van der Waals surface area contributed by atoms with E-state index in [1.807, 2.05) is 36.4 Å². The van der Waals surface area contributed by atoms with E-state index in [0.717, 1.165) is 54.9 Å². The van der Waals surface area contributed by atoms with Crippen LogP contribution in [0.4, 0.5) is 4.39 Å². The van der Waals surface area contributed by atoms with E-state index in [0.29, 0.717) is 6.61 Å². The van der Waals surface area contributed by atoms with Gasteiger partial charge < -0.3 is 9.64 Å². The van der Waals surface area contributed by atoms with Gasteiger partial charge in [0.15, 0.2) is 0 Å². The zero-order valence-electron chi connectivity index (χ0n) is 22.3. The minimum Gasteiger partial charge on any atom is -0.492 e. The summed E-state index contributed by atoms with van der Waals surface area (Å²) in [6.45, 7) is 7.96. The number of ether oxygens (including phenoxy) is 1. The molecule has 0 heterocycles. The molecule has 0 aliphatic carbocycles. The van der Waals surface area contributed by atoms with Crippen molar-refractivity contribution in [1.82, 2.24) is 4.90 Å². The molecule has 0 N–H and O–H groups in total. The van der Waals surface area contributed by atoms with Gasteiger partial charge in [0.1, 0.15) is 18.2 Å². The highest BCUT2D eigenvalue weighted by Gasteiger charge is 2.15.